The van der Waals surface area contributed by atoms with Crippen molar-refractivity contribution < 1.29 is 4.79 Å². The average Bonchev–Trinajstić information content (AvgIpc) is 2.89. The van der Waals surface area contributed by atoms with Gasteiger partial charge < -0.3 is 20.9 Å². The van der Waals surface area contributed by atoms with Crippen molar-refractivity contribution in [2.45, 2.75) is 32.2 Å². The van der Waals surface area contributed by atoms with E-state index in [-0.39, 0.29) is 18.3 Å². The number of hydrogen-bond acceptors (Lipinski definition) is 4. The van der Waals surface area contributed by atoms with Crippen LogP contribution >= 0.6 is 0 Å². The maximum Gasteiger partial charge on any atom is 0.243 e. The van der Waals surface area contributed by atoms with E-state index in [9.17, 15) is 4.79 Å². The summed E-state index contributed by atoms with van der Waals surface area (Å²) in [6, 6.07) is 25.6. The summed E-state index contributed by atoms with van der Waals surface area (Å²) in [5, 5.41) is 18.6. The summed E-state index contributed by atoms with van der Waals surface area (Å²) in [4.78, 5) is 17.2. The Kier molecular flexibility index (Phi) is 8.00. The van der Waals surface area contributed by atoms with Crippen molar-refractivity contribution >= 4 is 29.0 Å². The highest BCUT2D eigenvalue weighted by Crippen LogP contribution is 2.29. The van der Waals surface area contributed by atoms with E-state index >= 15 is 0 Å². The SMILES string of the molecule is CC(=N)N1CCC(c2ccc(NC(=O)CN(Cc3ccccc3)c3cccc(C(=N)N)c3)cc2)CC1. The molecule has 0 atom stereocenters. The van der Waals surface area contributed by atoms with Crippen LogP contribution in [0, 0.1) is 10.8 Å². The van der Waals surface area contributed by atoms with Crippen LogP contribution in [0.1, 0.15) is 42.4 Å². The minimum atomic E-state index is -0.110. The normalized spacial score (nSPS) is 13.8. The van der Waals surface area contributed by atoms with E-state index in [2.05, 4.69) is 22.3 Å². The number of amidine groups is 2. The van der Waals surface area contributed by atoms with E-state index in [0.29, 0.717) is 23.9 Å². The number of benzene rings is 3. The van der Waals surface area contributed by atoms with Crippen molar-refractivity contribution in [1.82, 2.24) is 4.90 Å². The van der Waals surface area contributed by atoms with Crippen LogP contribution in [0.4, 0.5) is 11.4 Å². The summed E-state index contributed by atoms with van der Waals surface area (Å²) in [5.41, 5.74) is 10.3. The molecule has 0 saturated carbocycles. The van der Waals surface area contributed by atoms with Crippen molar-refractivity contribution in [2.24, 2.45) is 5.73 Å². The van der Waals surface area contributed by atoms with Gasteiger partial charge in [-0.3, -0.25) is 15.6 Å². The Labute approximate surface area is 212 Å². The first-order chi connectivity index (χ1) is 17.4. The number of piperidine rings is 1. The van der Waals surface area contributed by atoms with Crippen LogP contribution in [0.2, 0.25) is 0 Å². The van der Waals surface area contributed by atoms with E-state index < -0.39 is 0 Å². The summed E-state index contributed by atoms with van der Waals surface area (Å²) in [6.07, 6.45) is 2.07. The van der Waals surface area contributed by atoms with E-state index in [1.165, 1.54) is 5.56 Å². The number of likely N-dealkylation sites (tertiary alicyclic amines) is 1. The molecular formula is C29H34N6O. The molecule has 186 valence electrons. The van der Waals surface area contributed by atoms with Gasteiger partial charge in [-0.05, 0) is 61.1 Å². The first kappa shape index (κ1) is 25.0. The number of hydrogen-bond donors (Lipinski definition) is 4. The number of nitrogens with one attached hydrogen (secondary N) is 3. The van der Waals surface area contributed by atoms with Gasteiger partial charge in [-0.1, -0.05) is 54.6 Å². The van der Waals surface area contributed by atoms with Crippen LogP contribution in [0.25, 0.3) is 0 Å². The lowest BCUT2D eigenvalue weighted by molar-refractivity contribution is -0.115. The van der Waals surface area contributed by atoms with Crippen LogP contribution in [0.5, 0.6) is 0 Å². The molecule has 36 heavy (non-hydrogen) atoms. The Morgan fingerprint density at radius 3 is 2.33 bits per heavy atom. The van der Waals surface area contributed by atoms with Crippen LogP contribution in [0.15, 0.2) is 78.9 Å². The third-order valence-electron chi connectivity index (χ3n) is 6.71. The molecule has 1 aliphatic heterocycles. The second-order valence-corrected chi connectivity index (χ2v) is 9.32. The van der Waals surface area contributed by atoms with Gasteiger partial charge in [0.25, 0.3) is 0 Å². The highest BCUT2D eigenvalue weighted by atomic mass is 16.2. The molecule has 0 aromatic heterocycles. The zero-order valence-electron chi connectivity index (χ0n) is 20.7. The van der Waals surface area contributed by atoms with E-state index in [1.54, 1.807) is 6.07 Å². The fourth-order valence-corrected chi connectivity index (χ4v) is 4.67. The number of carbonyl (C=O) groups excluding carboxylic acids is 1. The van der Waals surface area contributed by atoms with Gasteiger partial charge in [0.1, 0.15) is 5.84 Å². The highest BCUT2D eigenvalue weighted by molar-refractivity contribution is 5.97. The number of nitrogen functional groups attached to an aromatic ring is 1. The van der Waals surface area contributed by atoms with Crippen molar-refractivity contribution in [2.75, 3.05) is 29.9 Å². The smallest absolute Gasteiger partial charge is 0.243 e. The van der Waals surface area contributed by atoms with Gasteiger partial charge >= 0.3 is 0 Å². The van der Waals surface area contributed by atoms with E-state index in [0.717, 1.165) is 42.9 Å². The Hall–Kier alpha value is -4.13. The maximum atomic E-state index is 13.0. The average molecular weight is 483 g/mol. The number of anilines is 2. The molecule has 1 aliphatic rings. The van der Waals surface area contributed by atoms with Crippen molar-refractivity contribution in [3.63, 3.8) is 0 Å². The Morgan fingerprint density at radius 1 is 1.00 bits per heavy atom. The molecule has 0 aliphatic carbocycles. The van der Waals surface area contributed by atoms with Crippen LogP contribution in [-0.4, -0.2) is 42.1 Å². The molecule has 0 bridgehead atoms. The Morgan fingerprint density at radius 2 is 1.69 bits per heavy atom. The predicted molar refractivity (Wildman–Crippen MR) is 147 cm³/mol. The van der Waals surface area contributed by atoms with Crippen LogP contribution in [0.3, 0.4) is 0 Å². The molecule has 1 amide bonds. The molecule has 0 radical (unpaired) electrons. The molecule has 4 rings (SSSR count). The van der Waals surface area contributed by atoms with Gasteiger partial charge in [-0.2, -0.15) is 0 Å². The summed E-state index contributed by atoms with van der Waals surface area (Å²) in [7, 11) is 0. The molecule has 1 saturated heterocycles. The number of nitrogens with two attached hydrogens (primary N) is 1. The number of nitrogens with zero attached hydrogens (tertiary/aromatic N) is 2. The summed E-state index contributed by atoms with van der Waals surface area (Å²) in [5.74, 6) is 1.02. The van der Waals surface area contributed by atoms with Crippen molar-refractivity contribution in [3.8, 4) is 0 Å². The fraction of sp³-hybridized carbons (Fsp3) is 0.276. The van der Waals surface area contributed by atoms with Gasteiger partial charge in [-0.25, -0.2) is 0 Å². The third kappa shape index (κ3) is 6.50. The topological polar surface area (TPSA) is 109 Å². The molecule has 7 heteroatoms. The number of rotatable bonds is 8. The minimum absolute atomic E-state index is 0.000290. The van der Waals surface area contributed by atoms with E-state index in [4.69, 9.17) is 16.6 Å². The minimum Gasteiger partial charge on any atom is -0.384 e. The first-order valence-corrected chi connectivity index (χ1v) is 12.3. The predicted octanol–water partition coefficient (Wildman–Crippen LogP) is 4.79. The molecular weight excluding hydrogens is 448 g/mol. The van der Waals surface area contributed by atoms with E-state index in [1.807, 2.05) is 72.5 Å². The van der Waals surface area contributed by atoms with Crippen LogP contribution < -0.4 is 16.0 Å². The Balaban J connectivity index is 1.42. The quantitative estimate of drug-likeness (QED) is 0.273. The van der Waals surface area contributed by atoms with Gasteiger partial charge in [0.05, 0.1) is 12.4 Å². The van der Waals surface area contributed by atoms with Crippen molar-refractivity contribution in [3.05, 3.63) is 95.6 Å². The Bertz CT molecular complexity index is 1200. The zero-order chi connectivity index (χ0) is 25.5. The monoisotopic (exact) mass is 482 g/mol. The summed E-state index contributed by atoms with van der Waals surface area (Å²) >= 11 is 0. The molecule has 5 N–H and O–H groups in total. The standard InChI is InChI=1S/C29H34N6O/c1-21(30)34-16-14-24(15-17-34)23-10-12-26(13-11-23)33-28(36)20-35(19-22-6-3-2-4-7-22)27-9-5-8-25(18-27)29(31)32/h2-13,18,24,30H,14-17,19-20H2,1H3,(H3,31,32)(H,33,36). The highest BCUT2D eigenvalue weighted by Gasteiger charge is 2.21. The number of amides is 1. The van der Waals surface area contributed by atoms with Crippen molar-refractivity contribution in [1.29, 1.82) is 10.8 Å². The molecule has 3 aromatic carbocycles. The van der Waals surface area contributed by atoms with Crippen LogP contribution in [-0.2, 0) is 11.3 Å². The lowest BCUT2D eigenvalue weighted by Gasteiger charge is -2.33. The summed E-state index contributed by atoms with van der Waals surface area (Å²) in [6.45, 7) is 4.40. The second-order valence-electron chi connectivity index (χ2n) is 9.32. The largest absolute Gasteiger partial charge is 0.384 e. The van der Waals surface area contributed by atoms with Gasteiger partial charge in [-0.15, -0.1) is 0 Å². The molecule has 0 unspecified atom stereocenters. The first-order valence-electron chi connectivity index (χ1n) is 12.3. The third-order valence-corrected chi connectivity index (χ3v) is 6.71. The molecule has 7 nitrogen and oxygen atoms in total. The molecule has 3 aromatic rings. The number of carbonyl (C=O) groups is 1. The van der Waals surface area contributed by atoms with Gasteiger partial charge in [0.15, 0.2) is 0 Å². The zero-order valence-corrected chi connectivity index (χ0v) is 20.7. The maximum absolute atomic E-state index is 13.0. The lowest BCUT2D eigenvalue weighted by atomic mass is 9.89. The second kappa shape index (κ2) is 11.5. The molecule has 1 fully saturated rings. The molecule has 0 spiro atoms. The van der Waals surface area contributed by atoms with Gasteiger partial charge in [0, 0.05) is 36.6 Å². The fourth-order valence-electron chi connectivity index (χ4n) is 4.67. The van der Waals surface area contributed by atoms with Gasteiger partial charge in [0.2, 0.25) is 5.91 Å². The molecule has 1 heterocycles. The lowest BCUT2D eigenvalue weighted by Crippen LogP contribution is -2.36. The summed E-state index contributed by atoms with van der Waals surface area (Å²) < 4.78 is 0.